The zero-order valence-corrected chi connectivity index (χ0v) is 23.1. The number of benzene rings is 3. The van der Waals surface area contributed by atoms with Crippen LogP contribution in [0.25, 0.3) is 0 Å². The number of carbonyl (C=O) groups is 2. The Bertz CT molecular complexity index is 1150. The summed E-state index contributed by atoms with van der Waals surface area (Å²) in [6.45, 7) is 0.346. The van der Waals surface area contributed by atoms with Gasteiger partial charge in [-0.15, -0.1) is 11.8 Å². The molecule has 3 aromatic carbocycles. The number of thioether (sulfide) groups is 1. The van der Waals surface area contributed by atoms with Crippen LogP contribution in [-0.2, 0) is 28.3 Å². The van der Waals surface area contributed by atoms with Gasteiger partial charge in [-0.1, -0.05) is 83.4 Å². The second-order valence-corrected chi connectivity index (χ2v) is 11.4. The van der Waals surface area contributed by atoms with Crippen molar-refractivity contribution in [3.8, 4) is 0 Å². The van der Waals surface area contributed by atoms with Crippen LogP contribution in [0.5, 0.6) is 0 Å². The summed E-state index contributed by atoms with van der Waals surface area (Å²) in [6, 6.07) is 23.6. The molecule has 0 unspecified atom stereocenters. The van der Waals surface area contributed by atoms with Crippen LogP contribution in [0, 0.1) is 5.82 Å². The Morgan fingerprint density at radius 1 is 0.919 bits per heavy atom. The third kappa shape index (κ3) is 8.44. The van der Waals surface area contributed by atoms with Crippen molar-refractivity contribution in [3.05, 3.63) is 106 Å². The van der Waals surface area contributed by atoms with E-state index in [0.29, 0.717) is 18.7 Å². The van der Waals surface area contributed by atoms with E-state index in [0.717, 1.165) is 46.8 Å². The molecule has 1 saturated carbocycles. The average Bonchev–Trinajstić information content (AvgIpc) is 3.42. The van der Waals surface area contributed by atoms with Gasteiger partial charge in [0, 0.05) is 29.2 Å². The van der Waals surface area contributed by atoms with Gasteiger partial charge in [0.05, 0.1) is 5.75 Å². The summed E-state index contributed by atoms with van der Waals surface area (Å²) < 4.78 is 14.2. The predicted octanol–water partition coefficient (Wildman–Crippen LogP) is 6.52. The smallest absolute Gasteiger partial charge is 0.243 e. The van der Waals surface area contributed by atoms with E-state index in [4.69, 9.17) is 0 Å². The molecule has 4 nitrogen and oxygen atoms in total. The highest BCUT2D eigenvalue weighted by Crippen LogP contribution is 2.22. The molecule has 0 bridgehead atoms. The molecule has 0 saturated heterocycles. The Labute approximate surface area is 231 Å². The largest absolute Gasteiger partial charge is 0.352 e. The minimum atomic E-state index is -0.620. The van der Waals surface area contributed by atoms with Gasteiger partial charge in [-0.25, -0.2) is 4.39 Å². The summed E-state index contributed by atoms with van der Waals surface area (Å²) in [5.41, 5.74) is 2.94. The number of amides is 2. The number of nitrogens with zero attached hydrogens (tertiary/aromatic N) is 1. The molecule has 7 heteroatoms. The van der Waals surface area contributed by atoms with Crippen molar-refractivity contribution < 1.29 is 14.0 Å². The molecule has 0 spiro atoms. The van der Waals surface area contributed by atoms with E-state index in [9.17, 15) is 14.0 Å². The molecule has 1 aliphatic carbocycles. The molecule has 4 rings (SSSR count). The Balaban J connectivity index is 1.55. The van der Waals surface area contributed by atoms with E-state index in [1.165, 1.54) is 23.9 Å². The Kier molecular flexibility index (Phi) is 10.2. The second kappa shape index (κ2) is 13.8. The number of carbonyl (C=O) groups excluding carboxylic acids is 2. The summed E-state index contributed by atoms with van der Waals surface area (Å²) in [5, 5.41) is 3.23. The first-order valence-corrected chi connectivity index (χ1v) is 14.6. The van der Waals surface area contributed by atoms with Crippen LogP contribution in [0.15, 0.2) is 83.3 Å². The lowest BCUT2D eigenvalue weighted by molar-refractivity contribution is -0.139. The number of hydrogen-bond donors (Lipinski definition) is 1. The van der Waals surface area contributed by atoms with Crippen LogP contribution in [-0.4, -0.2) is 34.6 Å². The van der Waals surface area contributed by atoms with E-state index >= 15 is 0 Å². The zero-order chi connectivity index (χ0) is 26.0. The molecule has 1 aliphatic rings. The first-order valence-electron chi connectivity index (χ1n) is 12.7. The molecule has 37 heavy (non-hydrogen) atoms. The van der Waals surface area contributed by atoms with Gasteiger partial charge in [0.2, 0.25) is 11.8 Å². The summed E-state index contributed by atoms with van der Waals surface area (Å²) in [4.78, 5) is 29.1. The molecule has 0 aliphatic heterocycles. The lowest BCUT2D eigenvalue weighted by Gasteiger charge is -2.32. The Morgan fingerprint density at radius 2 is 1.57 bits per heavy atom. The van der Waals surface area contributed by atoms with Crippen molar-refractivity contribution in [2.45, 2.75) is 56.5 Å². The molecule has 2 amide bonds. The maximum atomic E-state index is 13.7. The molecular weight excluding hydrogens is 551 g/mol. The topological polar surface area (TPSA) is 49.4 Å². The van der Waals surface area contributed by atoms with Crippen LogP contribution in [0.2, 0.25) is 0 Å². The van der Waals surface area contributed by atoms with Gasteiger partial charge in [0.25, 0.3) is 0 Å². The van der Waals surface area contributed by atoms with Gasteiger partial charge in [-0.2, -0.15) is 0 Å². The summed E-state index contributed by atoms with van der Waals surface area (Å²) in [7, 11) is 0. The van der Waals surface area contributed by atoms with Crippen LogP contribution in [0.1, 0.15) is 42.4 Å². The first kappa shape index (κ1) is 27.4. The normalized spacial score (nSPS) is 14.3. The highest BCUT2D eigenvalue weighted by Gasteiger charge is 2.32. The van der Waals surface area contributed by atoms with Gasteiger partial charge in [0.1, 0.15) is 11.9 Å². The molecule has 1 atom stereocenters. The third-order valence-electron chi connectivity index (χ3n) is 6.65. The number of nitrogens with one attached hydrogen (secondary N) is 1. The van der Waals surface area contributed by atoms with Crippen molar-refractivity contribution in [3.63, 3.8) is 0 Å². The van der Waals surface area contributed by atoms with Gasteiger partial charge in [-0.05, 0) is 53.8 Å². The van der Waals surface area contributed by atoms with Crippen molar-refractivity contribution in [1.29, 1.82) is 0 Å². The van der Waals surface area contributed by atoms with Gasteiger partial charge in [-0.3, -0.25) is 9.59 Å². The van der Waals surface area contributed by atoms with E-state index < -0.39 is 6.04 Å². The van der Waals surface area contributed by atoms with E-state index in [-0.39, 0.29) is 29.4 Å². The summed E-state index contributed by atoms with van der Waals surface area (Å²) >= 11 is 4.95. The first-order chi connectivity index (χ1) is 18.0. The summed E-state index contributed by atoms with van der Waals surface area (Å²) in [5.74, 6) is 0.371. The quantitative estimate of drug-likeness (QED) is 0.280. The summed E-state index contributed by atoms with van der Waals surface area (Å²) in [6.07, 6.45) is 4.66. The maximum absolute atomic E-state index is 13.7. The van der Waals surface area contributed by atoms with Crippen molar-refractivity contribution in [1.82, 2.24) is 10.2 Å². The van der Waals surface area contributed by atoms with Crippen LogP contribution in [0.3, 0.4) is 0 Å². The highest BCUT2D eigenvalue weighted by molar-refractivity contribution is 9.10. The minimum Gasteiger partial charge on any atom is -0.352 e. The fraction of sp³-hybridized carbons (Fsp3) is 0.333. The average molecular weight is 584 g/mol. The van der Waals surface area contributed by atoms with E-state index in [2.05, 4.69) is 21.2 Å². The van der Waals surface area contributed by atoms with Crippen molar-refractivity contribution in [2.75, 3.05) is 5.75 Å². The monoisotopic (exact) mass is 582 g/mol. The number of rotatable bonds is 11. The lowest BCUT2D eigenvalue weighted by Crippen LogP contribution is -2.52. The molecule has 0 heterocycles. The molecular formula is C30H32BrFN2O2S. The lowest BCUT2D eigenvalue weighted by atomic mass is 10.0. The highest BCUT2D eigenvalue weighted by atomic mass is 79.9. The SMILES string of the molecule is O=C(NC1CCCC1)[C@H](Cc1ccccc1)N(Cc1ccc(Br)cc1)C(=O)CSCc1ccc(F)cc1. The molecule has 3 aromatic rings. The minimum absolute atomic E-state index is 0.0856. The third-order valence-corrected chi connectivity index (χ3v) is 8.16. The van der Waals surface area contributed by atoms with Gasteiger partial charge >= 0.3 is 0 Å². The Hall–Kier alpha value is -2.64. The fourth-order valence-electron chi connectivity index (χ4n) is 4.63. The molecule has 0 aromatic heterocycles. The van der Waals surface area contributed by atoms with E-state index in [1.807, 2.05) is 54.6 Å². The van der Waals surface area contributed by atoms with Crippen molar-refractivity contribution in [2.24, 2.45) is 0 Å². The standard InChI is InChI=1S/C30H32BrFN2O2S/c31-25-14-10-23(11-15-25)19-34(29(35)21-37-20-24-12-16-26(32)17-13-24)28(18-22-6-2-1-3-7-22)30(36)33-27-8-4-5-9-27/h1-3,6-7,10-17,27-28H,4-5,8-9,18-21H2,(H,33,36)/t28-/m0/s1. The van der Waals surface area contributed by atoms with E-state index in [1.54, 1.807) is 17.0 Å². The number of halogens is 2. The predicted molar refractivity (Wildman–Crippen MR) is 152 cm³/mol. The van der Waals surface area contributed by atoms with Gasteiger partial charge < -0.3 is 10.2 Å². The molecule has 194 valence electrons. The number of hydrogen-bond acceptors (Lipinski definition) is 3. The maximum Gasteiger partial charge on any atom is 0.243 e. The Morgan fingerprint density at radius 3 is 2.24 bits per heavy atom. The van der Waals surface area contributed by atoms with Crippen molar-refractivity contribution >= 4 is 39.5 Å². The molecule has 1 fully saturated rings. The molecule has 0 radical (unpaired) electrons. The molecule has 1 N–H and O–H groups in total. The van der Waals surface area contributed by atoms with Gasteiger partial charge in [0.15, 0.2) is 0 Å². The van der Waals surface area contributed by atoms with Crippen LogP contribution in [0.4, 0.5) is 4.39 Å². The second-order valence-electron chi connectivity index (χ2n) is 9.46. The van der Waals surface area contributed by atoms with Crippen LogP contribution >= 0.6 is 27.7 Å². The van der Waals surface area contributed by atoms with Crippen LogP contribution < -0.4 is 5.32 Å². The fourth-order valence-corrected chi connectivity index (χ4v) is 5.76. The zero-order valence-electron chi connectivity index (χ0n) is 20.7.